The lowest BCUT2D eigenvalue weighted by atomic mass is 9.96. The molecule has 114 valence electrons. The molecule has 5 heteroatoms. The minimum Gasteiger partial charge on any atom is -0.362 e. The molecule has 1 N–H and O–H groups in total. The number of fused-ring (bicyclic) bond motifs is 1. The Morgan fingerprint density at radius 2 is 2.18 bits per heavy atom. The molecule has 0 spiro atoms. The summed E-state index contributed by atoms with van der Waals surface area (Å²) in [7, 11) is 0. The van der Waals surface area contributed by atoms with Gasteiger partial charge < -0.3 is 9.88 Å². The maximum Gasteiger partial charge on any atom is 0.160 e. The number of aryl methyl sites for hydroxylation is 2. The van der Waals surface area contributed by atoms with E-state index in [1.165, 1.54) is 22.1 Å². The fourth-order valence-corrected chi connectivity index (χ4v) is 4.60. The van der Waals surface area contributed by atoms with Crippen LogP contribution in [0.4, 0.5) is 0 Å². The average Bonchev–Trinajstić information content (AvgIpc) is 3.11. The van der Waals surface area contributed by atoms with E-state index < -0.39 is 0 Å². The predicted octanol–water partition coefficient (Wildman–Crippen LogP) is 3.62. The van der Waals surface area contributed by atoms with Crippen LogP contribution >= 0.6 is 11.8 Å². The van der Waals surface area contributed by atoms with Gasteiger partial charge in [0, 0.05) is 29.4 Å². The van der Waals surface area contributed by atoms with E-state index in [1.54, 1.807) is 0 Å². The van der Waals surface area contributed by atoms with Crippen LogP contribution in [0.15, 0.2) is 35.5 Å². The number of aromatic nitrogens is 2. The fourth-order valence-electron chi connectivity index (χ4n) is 3.51. The van der Waals surface area contributed by atoms with Crippen molar-refractivity contribution < 1.29 is 0 Å². The van der Waals surface area contributed by atoms with Crippen molar-refractivity contribution in [2.75, 3.05) is 6.54 Å². The molecule has 0 amide bonds. The molecule has 2 aliphatic heterocycles. The highest BCUT2D eigenvalue weighted by Crippen LogP contribution is 2.48. The third kappa shape index (κ3) is 2.15. The molecule has 0 unspecified atom stereocenters. The molecule has 0 radical (unpaired) electrons. The van der Waals surface area contributed by atoms with Gasteiger partial charge in [-0.2, -0.15) is 0 Å². The van der Waals surface area contributed by atoms with Crippen LogP contribution in [0.5, 0.6) is 0 Å². The van der Waals surface area contributed by atoms with E-state index in [-0.39, 0.29) is 12.1 Å². The predicted molar refractivity (Wildman–Crippen MR) is 91.2 cm³/mol. The summed E-state index contributed by atoms with van der Waals surface area (Å²) in [5.74, 6) is 0. The van der Waals surface area contributed by atoms with Crippen molar-refractivity contribution in [3.8, 4) is 0 Å². The van der Waals surface area contributed by atoms with Gasteiger partial charge in [-0.3, -0.25) is 9.98 Å². The van der Waals surface area contributed by atoms with Crippen molar-refractivity contribution in [2.45, 2.75) is 38.1 Å². The van der Waals surface area contributed by atoms with Gasteiger partial charge in [-0.1, -0.05) is 24.8 Å². The zero-order valence-electron chi connectivity index (χ0n) is 13.1. The fraction of sp³-hybridized carbons (Fsp3) is 0.412. The number of amidine groups is 1. The number of nitrogens with zero attached hydrogens (tertiary/aromatic N) is 3. The van der Waals surface area contributed by atoms with Crippen LogP contribution in [0.3, 0.4) is 0 Å². The summed E-state index contributed by atoms with van der Waals surface area (Å²) in [6, 6.07) is 8.71. The van der Waals surface area contributed by atoms with Crippen molar-refractivity contribution in [3.05, 3.63) is 53.1 Å². The van der Waals surface area contributed by atoms with Crippen LogP contribution in [0, 0.1) is 13.8 Å². The molecular formula is C17H20N4S. The van der Waals surface area contributed by atoms with Crippen molar-refractivity contribution in [1.29, 1.82) is 0 Å². The molecule has 4 rings (SSSR count). The second kappa shape index (κ2) is 5.16. The highest BCUT2D eigenvalue weighted by molar-refractivity contribution is 8.14. The summed E-state index contributed by atoms with van der Waals surface area (Å²) < 4.78 is 0. The van der Waals surface area contributed by atoms with Gasteiger partial charge in [0.1, 0.15) is 6.04 Å². The molecule has 0 bridgehead atoms. The van der Waals surface area contributed by atoms with Crippen molar-refractivity contribution in [2.24, 2.45) is 4.99 Å². The van der Waals surface area contributed by atoms with Crippen LogP contribution in [-0.2, 0) is 0 Å². The Kier molecular flexibility index (Phi) is 3.26. The van der Waals surface area contributed by atoms with Gasteiger partial charge in [-0.05, 0) is 37.6 Å². The van der Waals surface area contributed by atoms with E-state index in [9.17, 15) is 0 Å². The normalized spacial score (nSPS) is 27.1. The van der Waals surface area contributed by atoms with E-state index in [0.29, 0.717) is 5.25 Å². The van der Waals surface area contributed by atoms with Crippen LogP contribution in [-0.4, -0.2) is 31.8 Å². The molecule has 4 heterocycles. The first-order valence-electron chi connectivity index (χ1n) is 7.71. The van der Waals surface area contributed by atoms with Gasteiger partial charge in [0.15, 0.2) is 5.17 Å². The van der Waals surface area contributed by atoms with E-state index in [0.717, 1.165) is 12.2 Å². The average molecular weight is 312 g/mol. The molecule has 2 aromatic rings. The summed E-state index contributed by atoms with van der Waals surface area (Å²) in [5, 5.41) is 1.78. The number of pyridine rings is 1. The lowest BCUT2D eigenvalue weighted by Crippen LogP contribution is -2.28. The molecular weight excluding hydrogens is 292 g/mol. The molecule has 2 aliphatic rings. The van der Waals surface area contributed by atoms with Gasteiger partial charge in [0.25, 0.3) is 0 Å². The maximum absolute atomic E-state index is 5.01. The van der Waals surface area contributed by atoms with Crippen LogP contribution in [0.2, 0.25) is 0 Å². The number of rotatable bonds is 2. The summed E-state index contributed by atoms with van der Waals surface area (Å²) in [6.45, 7) is 7.60. The smallest absolute Gasteiger partial charge is 0.160 e. The maximum atomic E-state index is 5.01. The van der Waals surface area contributed by atoms with E-state index in [2.05, 4.69) is 47.8 Å². The minimum atomic E-state index is 0.0881. The highest BCUT2D eigenvalue weighted by atomic mass is 32.2. The lowest BCUT2D eigenvalue weighted by Gasteiger charge is -2.27. The number of nitrogens with one attached hydrogen (secondary N) is 1. The quantitative estimate of drug-likeness (QED) is 0.921. The van der Waals surface area contributed by atoms with Crippen molar-refractivity contribution >= 4 is 16.9 Å². The lowest BCUT2D eigenvalue weighted by molar-refractivity contribution is 0.320. The zero-order chi connectivity index (χ0) is 15.3. The standard InChI is InChI=1S/C17H20N4S/c1-10-8-13(12(3)19-10)16-15(14-6-4-5-7-18-14)20-17-21(16)9-11(2)22-17/h4-8,11,15-16,19H,9H2,1-3H3/t11-,15-,16-/m1/s1. The third-order valence-corrected chi connectivity index (χ3v) is 5.49. The number of hydrogen-bond donors (Lipinski definition) is 1. The van der Waals surface area contributed by atoms with Crippen LogP contribution in [0.1, 0.15) is 41.7 Å². The molecule has 4 nitrogen and oxygen atoms in total. The molecule has 3 atom stereocenters. The number of hydrogen-bond acceptors (Lipinski definition) is 4. The first-order valence-corrected chi connectivity index (χ1v) is 8.59. The van der Waals surface area contributed by atoms with Crippen LogP contribution in [0.25, 0.3) is 0 Å². The molecule has 1 saturated heterocycles. The van der Waals surface area contributed by atoms with Gasteiger partial charge in [-0.25, -0.2) is 0 Å². The summed E-state index contributed by atoms with van der Waals surface area (Å²) in [5.41, 5.74) is 4.85. The highest BCUT2D eigenvalue weighted by Gasteiger charge is 2.44. The monoisotopic (exact) mass is 312 g/mol. The Bertz CT molecular complexity index is 722. The van der Waals surface area contributed by atoms with Gasteiger partial charge in [0.05, 0.1) is 11.7 Å². The van der Waals surface area contributed by atoms with Gasteiger partial charge in [0.2, 0.25) is 0 Å². The Morgan fingerprint density at radius 1 is 1.32 bits per heavy atom. The number of aliphatic imine (C=N–C) groups is 1. The number of H-pyrrole nitrogens is 1. The van der Waals surface area contributed by atoms with Gasteiger partial charge >= 0.3 is 0 Å². The molecule has 0 aliphatic carbocycles. The summed E-state index contributed by atoms with van der Waals surface area (Å²) in [4.78, 5) is 15.5. The minimum absolute atomic E-state index is 0.0881. The first kappa shape index (κ1) is 13.9. The topological polar surface area (TPSA) is 44.3 Å². The van der Waals surface area contributed by atoms with E-state index in [1.807, 2.05) is 30.1 Å². The van der Waals surface area contributed by atoms with E-state index in [4.69, 9.17) is 4.99 Å². The first-order chi connectivity index (χ1) is 10.6. The molecule has 2 aromatic heterocycles. The SMILES string of the molecule is Cc1cc([C@@H]2[C@@H](c3ccccn3)N=C3S[C@H](C)CN32)c(C)[nH]1. The Hall–Kier alpha value is -1.75. The second-order valence-corrected chi connectivity index (χ2v) is 7.58. The van der Waals surface area contributed by atoms with E-state index >= 15 is 0 Å². The number of aromatic amines is 1. The summed E-state index contributed by atoms with van der Waals surface area (Å²) >= 11 is 1.88. The Labute approximate surface area is 135 Å². The van der Waals surface area contributed by atoms with Crippen molar-refractivity contribution in [1.82, 2.24) is 14.9 Å². The van der Waals surface area contributed by atoms with Crippen LogP contribution < -0.4 is 0 Å². The molecule has 22 heavy (non-hydrogen) atoms. The second-order valence-electron chi connectivity index (χ2n) is 6.17. The van der Waals surface area contributed by atoms with Gasteiger partial charge in [-0.15, -0.1) is 0 Å². The van der Waals surface area contributed by atoms with Crippen molar-refractivity contribution in [3.63, 3.8) is 0 Å². The Morgan fingerprint density at radius 3 is 2.86 bits per heavy atom. The summed E-state index contributed by atoms with van der Waals surface area (Å²) in [6.07, 6.45) is 1.86. The molecule has 0 saturated carbocycles. The largest absolute Gasteiger partial charge is 0.362 e. The molecule has 1 fully saturated rings. The Balaban J connectivity index is 1.80. The third-order valence-electron chi connectivity index (χ3n) is 4.39. The molecule has 0 aromatic carbocycles. The zero-order valence-corrected chi connectivity index (χ0v) is 13.9. The number of thioether (sulfide) groups is 1.